The molecule has 0 aliphatic carbocycles. The largest absolute Gasteiger partial charge is 0.497 e. The average molecular weight is 510 g/mol. The number of fused-ring (bicyclic) bond motifs is 1. The molecule has 32 heavy (non-hydrogen) atoms. The Bertz CT molecular complexity index is 1370. The molecule has 1 amide bonds. The van der Waals surface area contributed by atoms with Crippen LogP contribution in [0.1, 0.15) is 12.8 Å². The fourth-order valence-corrected chi connectivity index (χ4v) is 7.77. The van der Waals surface area contributed by atoms with Gasteiger partial charge in [-0.2, -0.15) is 9.30 Å². The molecule has 2 aromatic heterocycles. The summed E-state index contributed by atoms with van der Waals surface area (Å²) in [5.41, 5.74) is 0.885. The first-order valence-corrected chi connectivity index (χ1v) is 13.2. The molecule has 1 aromatic carbocycles. The summed E-state index contributed by atoms with van der Waals surface area (Å²) in [6, 6.07) is 8.70. The molecule has 11 heteroatoms. The van der Waals surface area contributed by atoms with Crippen molar-refractivity contribution in [1.29, 1.82) is 0 Å². The summed E-state index contributed by atoms with van der Waals surface area (Å²) in [7, 11) is -2.00. The molecule has 0 spiro atoms. The zero-order valence-corrected chi connectivity index (χ0v) is 20.4. The molecular formula is C21H20ClN3O4S3. The molecule has 1 fully saturated rings. The van der Waals surface area contributed by atoms with Crippen LogP contribution in [-0.4, -0.2) is 43.4 Å². The third kappa shape index (κ3) is 4.49. The van der Waals surface area contributed by atoms with Gasteiger partial charge in [0, 0.05) is 19.0 Å². The highest BCUT2D eigenvalue weighted by Crippen LogP contribution is 2.31. The molecular weight excluding hydrogens is 490 g/mol. The fraction of sp³-hybridized carbons (Fsp3) is 0.333. The lowest BCUT2D eigenvalue weighted by Crippen LogP contribution is -2.40. The fourth-order valence-electron chi connectivity index (χ4n) is 3.60. The second kappa shape index (κ2) is 9.37. The lowest BCUT2D eigenvalue weighted by molar-refractivity contribution is -0.122. The lowest BCUT2D eigenvalue weighted by Gasteiger charge is -2.29. The maximum absolute atomic E-state index is 12.9. The third-order valence-electron chi connectivity index (χ3n) is 5.29. The summed E-state index contributed by atoms with van der Waals surface area (Å²) >= 11 is 8.29. The molecule has 4 rings (SSSR count). The molecule has 3 aromatic rings. The van der Waals surface area contributed by atoms with Crippen LogP contribution in [0.2, 0.25) is 4.34 Å². The Labute approximate surface area is 199 Å². The number of methoxy groups -OCH3 is 1. The third-order valence-corrected chi connectivity index (χ3v) is 9.93. The molecule has 1 aliphatic heterocycles. The summed E-state index contributed by atoms with van der Waals surface area (Å²) in [6.45, 7) is 0.813. The van der Waals surface area contributed by atoms with E-state index in [1.165, 1.54) is 21.7 Å². The van der Waals surface area contributed by atoms with Gasteiger partial charge in [-0.3, -0.25) is 4.79 Å². The first-order chi connectivity index (χ1) is 15.3. The van der Waals surface area contributed by atoms with Crippen LogP contribution < -0.4 is 9.54 Å². The smallest absolute Gasteiger partial charge is 0.252 e. The number of carbonyl (C=O) groups is 1. The van der Waals surface area contributed by atoms with E-state index in [1.54, 1.807) is 13.2 Å². The van der Waals surface area contributed by atoms with Crippen molar-refractivity contribution in [3.63, 3.8) is 0 Å². The SMILES string of the molecule is C#CCn1c(=NC(=O)C2CCN(S(=O)(=O)c3ccc(Cl)s3)CC2)sc2cc(OC)ccc21. The molecule has 0 bridgehead atoms. The van der Waals surface area contributed by atoms with Gasteiger partial charge in [-0.15, -0.1) is 17.8 Å². The van der Waals surface area contributed by atoms with E-state index in [4.69, 9.17) is 22.8 Å². The summed E-state index contributed by atoms with van der Waals surface area (Å²) in [5, 5.41) is 0. The van der Waals surface area contributed by atoms with E-state index in [0.717, 1.165) is 21.6 Å². The van der Waals surface area contributed by atoms with Crippen molar-refractivity contribution in [3.05, 3.63) is 39.5 Å². The van der Waals surface area contributed by atoms with Crippen molar-refractivity contribution >= 4 is 60.4 Å². The van der Waals surface area contributed by atoms with Gasteiger partial charge in [0.2, 0.25) is 0 Å². The van der Waals surface area contributed by atoms with Crippen molar-refractivity contribution in [2.45, 2.75) is 23.6 Å². The van der Waals surface area contributed by atoms with Gasteiger partial charge in [-0.05, 0) is 43.2 Å². The van der Waals surface area contributed by atoms with Gasteiger partial charge >= 0.3 is 0 Å². The first-order valence-electron chi connectivity index (χ1n) is 9.78. The maximum Gasteiger partial charge on any atom is 0.252 e. The van der Waals surface area contributed by atoms with Crippen molar-refractivity contribution in [2.75, 3.05) is 20.2 Å². The standard InChI is InChI=1S/C21H20ClN3O4S3/c1-3-10-25-16-5-4-15(29-2)13-17(16)30-21(25)23-20(26)14-8-11-24(12-9-14)32(27,28)19-7-6-18(22)31-19/h1,4-7,13-14H,8-12H2,2H3. The average Bonchev–Trinajstić information content (AvgIpc) is 3.37. The summed E-state index contributed by atoms with van der Waals surface area (Å²) < 4.78 is 35.6. The van der Waals surface area contributed by atoms with Crippen LogP contribution in [0.25, 0.3) is 10.2 Å². The molecule has 0 atom stereocenters. The predicted molar refractivity (Wildman–Crippen MR) is 127 cm³/mol. The van der Waals surface area contributed by atoms with E-state index in [-0.39, 0.29) is 29.1 Å². The van der Waals surface area contributed by atoms with Crippen LogP contribution in [0.3, 0.4) is 0 Å². The summed E-state index contributed by atoms with van der Waals surface area (Å²) in [5.74, 6) is 2.72. The Hall–Kier alpha value is -2.16. The minimum atomic E-state index is -3.60. The monoisotopic (exact) mass is 509 g/mol. The Kier molecular flexibility index (Phi) is 6.74. The second-order valence-electron chi connectivity index (χ2n) is 7.20. The van der Waals surface area contributed by atoms with E-state index < -0.39 is 10.0 Å². The predicted octanol–water partition coefficient (Wildman–Crippen LogP) is 3.59. The van der Waals surface area contributed by atoms with Gasteiger partial charge in [-0.1, -0.05) is 28.9 Å². The molecule has 0 N–H and O–H groups in total. The number of thiophene rings is 1. The number of sulfonamides is 1. The Morgan fingerprint density at radius 2 is 2.03 bits per heavy atom. The molecule has 1 aliphatic rings. The van der Waals surface area contributed by atoms with Crippen LogP contribution in [-0.2, 0) is 21.4 Å². The number of aromatic nitrogens is 1. The lowest BCUT2D eigenvalue weighted by atomic mass is 9.98. The van der Waals surface area contributed by atoms with Crippen LogP contribution in [0.4, 0.5) is 0 Å². The van der Waals surface area contributed by atoms with Gasteiger partial charge in [0.15, 0.2) is 4.80 Å². The molecule has 3 heterocycles. The zero-order valence-electron chi connectivity index (χ0n) is 17.2. The van der Waals surface area contributed by atoms with Crippen molar-refractivity contribution in [2.24, 2.45) is 10.9 Å². The second-order valence-corrected chi connectivity index (χ2v) is 12.1. The molecule has 0 unspecified atom stereocenters. The molecule has 0 radical (unpaired) electrons. The van der Waals surface area contributed by atoms with Crippen LogP contribution >= 0.6 is 34.3 Å². The summed E-state index contributed by atoms with van der Waals surface area (Å²) in [4.78, 5) is 17.8. The Balaban J connectivity index is 1.54. The minimum absolute atomic E-state index is 0.216. The molecule has 1 saturated heterocycles. The number of terminal acetylenes is 1. The number of rotatable bonds is 5. The number of nitrogens with zero attached hydrogens (tertiary/aromatic N) is 3. The number of thiazole rings is 1. The van der Waals surface area contributed by atoms with E-state index in [2.05, 4.69) is 10.9 Å². The van der Waals surface area contributed by atoms with Crippen molar-refractivity contribution in [1.82, 2.24) is 8.87 Å². The quantitative estimate of drug-likeness (QED) is 0.492. The summed E-state index contributed by atoms with van der Waals surface area (Å²) in [6.07, 6.45) is 6.35. The first kappa shape index (κ1) is 23.0. The van der Waals surface area contributed by atoms with Crippen LogP contribution in [0.15, 0.2) is 39.5 Å². The topological polar surface area (TPSA) is 81.0 Å². The molecule has 7 nitrogen and oxygen atoms in total. The van der Waals surface area contributed by atoms with Gasteiger partial charge in [0.1, 0.15) is 9.96 Å². The van der Waals surface area contributed by atoms with Crippen LogP contribution in [0.5, 0.6) is 5.75 Å². The molecule has 0 saturated carbocycles. The van der Waals surface area contributed by atoms with E-state index >= 15 is 0 Å². The van der Waals surface area contributed by atoms with Gasteiger partial charge in [0.25, 0.3) is 15.9 Å². The van der Waals surface area contributed by atoms with E-state index in [1.807, 2.05) is 22.8 Å². The molecule has 168 valence electrons. The van der Waals surface area contributed by atoms with Crippen LogP contribution in [0, 0.1) is 18.3 Å². The van der Waals surface area contributed by atoms with Gasteiger partial charge < -0.3 is 9.30 Å². The highest BCUT2D eigenvalue weighted by Gasteiger charge is 2.33. The number of hydrogen-bond donors (Lipinski definition) is 0. The van der Waals surface area contributed by atoms with Gasteiger partial charge in [-0.25, -0.2) is 8.42 Å². The van der Waals surface area contributed by atoms with Crippen molar-refractivity contribution in [3.8, 4) is 18.1 Å². The number of carbonyl (C=O) groups excluding carboxylic acids is 1. The highest BCUT2D eigenvalue weighted by molar-refractivity contribution is 7.91. The number of benzene rings is 1. The van der Waals surface area contributed by atoms with Gasteiger partial charge in [0.05, 0.1) is 28.2 Å². The van der Waals surface area contributed by atoms with E-state index in [9.17, 15) is 13.2 Å². The highest BCUT2D eigenvalue weighted by atomic mass is 35.5. The number of ether oxygens (including phenoxy) is 1. The number of halogens is 1. The number of hydrogen-bond acceptors (Lipinski definition) is 6. The number of piperidine rings is 1. The van der Waals surface area contributed by atoms with E-state index in [0.29, 0.717) is 34.3 Å². The maximum atomic E-state index is 12.9. The number of amides is 1. The zero-order chi connectivity index (χ0) is 22.9. The van der Waals surface area contributed by atoms with Crippen molar-refractivity contribution < 1.29 is 17.9 Å². The minimum Gasteiger partial charge on any atom is -0.497 e. The Morgan fingerprint density at radius 1 is 1.28 bits per heavy atom. The Morgan fingerprint density at radius 3 is 2.66 bits per heavy atom. The normalized spacial score (nSPS) is 16.3.